The Bertz CT molecular complexity index is 354. The van der Waals surface area contributed by atoms with Crippen molar-refractivity contribution in [1.29, 1.82) is 0 Å². The van der Waals surface area contributed by atoms with Crippen LogP contribution < -0.4 is 5.32 Å². The van der Waals surface area contributed by atoms with E-state index in [2.05, 4.69) is 15.3 Å². The van der Waals surface area contributed by atoms with Crippen molar-refractivity contribution < 1.29 is 14.3 Å². The average molecular weight is 227 g/mol. The number of aromatic nitrogens is 2. The molecule has 1 rings (SSSR count). The summed E-state index contributed by atoms with van der Waals surface area (Å²) >= 11 is 0. The maximum absolute atomic E-state index is 12.5. The van der Waals surface area contributed by atoms with Crippen LogP contribution in [0.3, 0.4) is 0 Å². The summed E-state index contributed by atoms with van der Waals surface area (Å²) in [6, 6.07) is -0.759. The van der Waals surface area contributed by atoms with E-state index in [1.54, 1.807) is 0 Å². The molecule has 1 aromatic heterocycles. The zero-order chi connectivity index (χ0) is 12.1. The number of carboxylic acids is 1. The number of hydrogen-bond donors (Lipinski definition) is 2. The highest BCUT2D eigenvalue weighted by Gasteiger charge is 2.19. The van der Waals surface area contributed by atoms with Crippen LogP contribution >= 0.6 is 0 Å². The maximum Gasteiger partial charge on any atom is 0.326 e. The van der Waals surface area contributed by atoms with Crippen molar-refractivity contribution in [3.8, 4) is 0 Å². The number of hydrogen-bond acceptors (Lipinski definition) is 4. The van der Waals surface area contributed by atoms with Gasteiger partial charge in [-0.15, -0.1) is 0 Å². The second-order valence-corrected chi connectivity index (χ2v) is 3.89. The van der Waals surface area contributed by atoms with Gasteiger partial charge in [0.15, 0.2) is 5.82 Å². The fraction of sp³-hybridized carbons (Fsp3) is 0.500. The van der Waals surface area contributed by atoms with Gasteiger partial charge in [0, 0.05) is 0 Å². The Morgan fingerprint density at radius 1 is 1.50 bits per heavy atom. The first-order chi connectivity index (χ1) is 7.49. The topological polar surface area (TPSA) is 75.1 Å². The van der Waals surface area contributed by atoms with Crippen LogP contribution in [-0.4, -0.2) is 27.1 Å². The standard InChI is InChI=1S/C10H14FN3O2/c1-6(2)3-8(9(15)16)14-10-12-4-7(11)5-13-10/h4-6,8H,3H2,1-2H3,(H,15,16)(H,12,13,14). The van der Waals surface area contributed by atoms with E-state index in [9.17, 15) is 9.18 Å². The van der Waals surface area contributed by atoms with Crippen LogP contribution in [0.25, 0.3) is 0 Å². The maximum atomic E-state index is 12.5. The second-order valence-electron chi connectivity index (χ2n) is 3.89. The molecule has 0 aliphatic rings. The Hall–Kier alpha value is -1.72. The number of aliphatic carboxylic acids is 1. The molecule has 6 heteroatoms. The van der Waals surface area contributed by atoms with Crippen LogP contribution in [0.5, 0.6) is 0 Å². The lowest BCUT2D eigenvalue weighted by molar-refractivity contribution is -0.138. The second kappa shape index (κ2) is 5.39. The largest absolute Gasteiger partial charge is 0.480 e. The summed E-state index contributed by atoms with van der Waals surface area (Å²) in [7, 11) is 0. The Labute approximate surface area is 92.7 Å². The third-order valence-electron chi connectivity index (χ3n) is 1.93. The summed E-state index contributed by atoms with van der Waals surface area (Å²) in [4.78, 5) is 18.2. The monoisotopic (exact) mass is 227 g/mol. The van der Waals surface area contributed by atoms with Gasteiger partial charge in [0.2, 0.25) is 5.95 Å². The minimum Gasteiger partial charge on any atom is -0.480 e. The molecule has 0 aromatic carbocycles. The predicted molar refractivity (Wildman–Crippen MR) is 56.5 cm³/mol. The Morgan fingerprint density at radius 3 is 2.50 bits per heavy atom. The van der Waals surface area contributed by atoms with Gasteiger partial charge in [0.1, 0.15) is 6.04 Å². The van der Waals surface area contributed by atoms with Crippen LogP contribution in [0.2, 0.25) is 0 Å². The molecule has 0 saturated heterocycles. The highest BCUT2D eigenvalue weighted by molar-refractivity contribution is 5.76. The lowest BCUT2D eigenvalue weighted by Gasteiger charge is -2.15. The van der Waals surface area contributed by atoms with Gasteiger partial charge >= 0.3 is 5.97 Å². The zero-order valence-corrected chi connectivity index (χ0v) is 9.14. The Balaban J connectivity index is 2.68. The normalized spacial score (nSPS) is 12.5. The van der Waals surface area contributed by atoms with Gasteiger partial charge in [-0.1, -0.05) is 13.8 Å². The first kappa shape index (κ1) is 12.4. The van der Waals surface area contributed by atoms with Gasteiger partial charge in [-0.3, -0.25) is 0 Å². The minimum absolute atomic E-state index is 0.120. The van der Waals surface area contributed by atoms with Gasteiger partial charge in [-0.25, -0.2) is 19.2 Å². The number of anilines is 1. The summed E-state index contributed by atoms with van der Waals surface area (Å²) in [6.07, 6.45) is 2.43. The average Bonchev–Trinajstić information content (AvgIpc) is 2.19. The third kappa shape index (κ3) is 3.80. The van der Waals surface area contributed by atoms with Crippen molar-refractivity contribution in [2.45, 2.75) is 26.3 Å². The summed E-state index contributed by atoms with van der Waals surface area (Å²) in [5, 5.41) is 11.6. The quantitative estimate of drug-likeness (QED) is 0.797. The molecule has 0 fully saturated rings. The van der Waals surface area contributed by atoms with Crippen LogP contribution in [0, 0.1) is 11.7 Å². The van der Waals surface area contributed by atoms with E-state index in [1.807, 2.05) is 13.8 Å². The number of nitrogens with one attached hydrogen (secondary N) is 1. The highest BCUT2D eigenvalue weighted by Crippen LogP contribution is 2.09. The molecular weight excluding hydrogens is 213 g/mol. The molecule has 5 nitrogen and oxygen atoms in total. The number of rotatable bonds is 5. The molecule has 1 unspecified atom stereocenters. The third-order valence-corrected chi connectivity index (χ3v) is 1.93. The highest BCUT2D eigenvalue weighted by atomic mass is 19.1. The summed E-state index contributed by atoms with van der Waals surface area (Å²) in [6.45, 7) is 3.84. The molecule has 0 aliphatic carbocycles. The van der Waals surface area contributed by atoms with Crippen LogP contribution in [0.1, 0.15) is 20.3 Å². The van der Waals surface area contributed by atoms with E-state index in [-0.39, 0.29) is 11.9 Å². The molecule has 0 bridgehead atoms. The van der Waals surface area contributed by atoms with E-state index in [0.29, 0.717) is 6.42 Å². The van der Waals surface area contributed by atoms with Gasteiger partial charge < -0.3 is 10.4 Å². The van der Waals surface area contributed by atoms with Crippen LogP contribution in [-0.2, 0) is 4.79 Å². The molecule has 88 valence electrons. The van der Waals surface area contributed by atoms with E-state index in [1.165, 1.54) is 0 Å². The number of halogens is 1. The lowest BCUT2D eigenvalue weighted by atomic mass is 10.0. The van der Waals surface area contributed by atoms with Crippen LogP contribution in [0.15, 0.2) is 12.4 Å². The molecule has 1 heterocycles. The van der Waals surface area contributed by atoms with Crippen molar-refractivity contribution in [1.82, 2.24) is 9.97 Å². The molecule has 16 heavy (non-hydrogen) atoms. The first-order valence-corrected chi connectivity index (χ1v) is 4.96. The zero-order valence-electron chi connectivity index (χ0n) is 9.14. The smallest absolute Gasteiger partial charge is 0.326 e. The molecule has 0 spiro atoms. The van der Waals surface area contributed by atoms with Gasteiger partial charge in [-0.2, -0.15) is 0 Å². The molecule has 0 radical (unpaired) electrons. The van der Waals surface area contributed by atoms with E-state index in [4.69, 9.17) is 5.11 Å². The predicted octanol–water partition coefficient (Wildman–Crippen LogP) is 1.53. The summed E-state index contributed by atoms with van der Waals surface area (Å²) < 4.78 is 12.5. The molecule has 2 N–H and O–H groups in total. The van der Waals surface area contributed by atoms with E-state index >= 15 is 0 Å². The van der Waals surface area contributed by atoms with E-state index < -0.39 is 17.8 Å². The number of nitrogens with zero attached hydrogens (tertiary/aromatic N) is 2. The van der Waals surface area contributed by atoms with Crippen molar-refractivity contribution in [2.75, 3.05) is 5.32 Å². The van der Waals surface area contributed by atoms with E-state index in [0.717, 1.165) is 12.4 Å². The number of carboxylic acid groups (broad SMARTS) is 1. The van der Waals surface area contributed by atoms with Crippen molar-refractivity contribution in [3.63, 3.8) is 0 Å². The lowest BCUT2D eigenvalue weighted by Crippen LogP contribution is -2.31. The molecule has 0 saturated carbocycles. The summed E-state index contributed by atoms with van der Waals surface area (Å²) in [5.41, 5.74) is 0. The van der Waals surface area contributed by atoms with Crippen molar-refractivity contribution in [2.24, 2.45) is 5.92 Å². The molecule has 1 atom stereocenters. The summed E-state index contributed by atoms with van der Waals surface area (Å²) in [5.74, 6) is -1.17. The SMILES string of the molecule is CC(C)CC(Nc1ncc(F)cn1)C(=O)O. The first-order valence-electron chi connectivity index (χ1n) is 4.96. The molecule has 0 amide bonds. The van der Waals surface area contributed by atoms with Crippen LogP contribution in [0.4, 0.5) is 10.3 Å². The minimum atomic E-state index is -0.971. The fourth-order valence-electron chi connectivity index (χ4n) is 1.24. The van der Waals surface area contributed by atoms with Gasteiger partial charge in [-0.05, 0) is 12.3 Å². The molecule has 1 aromatic rings. The molecule has 0 aliphatic heterocycles. The fourth-order valence-corrected chi connectivity index (χ4v) is 1.24. The van der Waals surface area contributed by atoms with Crippen molar-refractivity contribution >= 4 is 11.9 Å². The van der Waals surface area contributed by atoms with Crippen molar-refractivity contribution in [3.05, 3.63) is 18.2 Å². The Kier molecular flexibility index (Phi) is 4.16. The Morgan fingerprint density at radius 2 is 2.06 bits per heavy atom. The van der Waals surface area contributed by atoms with Gasteiger partial charge in [0.25, 0.3) is 0 Å². The molecular formula is C10H14FN3O2. The number of carbonyl (C=O) groups is 1. The van der Waals surface area contributed by atoms with Gasteiger partial charge in [0.05, 0.1) is 12.4 Å².